The van der Waals surface area contributed by atoms with Gasteiger partial charge in [0.2, 0.25) is 5.91 Å². The van der Waals surface area contributed by atoms with Crippen molar-refractivity contribution < 1.29 is 4.79 Å². The van der Waals surface area contributed by atoms with Crippen LogP contribution in [0.15, 0.2) is 29.3 Å². The minimum absolute atomic E-state index is 0.125. The largest absolute Gasteiger partial charge is 0.356 e. The monoisotopic (exact) mass is 433 g/mol. The van der Waals surface area contributed by atoms with Gasteiger partial charge >= 0.3 is 0 Å². The number of aliphatic imine (C=N–C) groups is 1. The molecule has 3 N–H and O–H groups in total. The van der Waals surface area contributed by atoms with Gasteiger partial charge in [-0.05, 0) is 62.9 Å². The van der Waals surface area contributed by atoms with E-state index in [1.165, 1.54) is 24.8 Å². The molecule has 1 aromatic rings. The predicted octanol–water partition coefficient (Wildman–Crippen LogP) is 3.34. The Hall–Kier alpha value is -1.79. The molecule has 3 rings (SSSR count). The molecule has 7 heteroatoms. The number of guanidine groups is 1. The van der Waals surface area contributed by atoms with Crippen LogP contribution in [-0.4, -0.2) is 56.5 Å². The summed E-state index contributed by atoms with van der Waals surface area (Å²) >= 11 is 6.25. The quantitative estimate of drug-likeness (QED) is 0.455. The SMILES string of the molecule is CN=C(NCCC(=O)NC1CCCC1)NCC1CCCN(C)C1c1cccc(Cl)c1. The lowest BCUT2D eigenvalue weighted by Crippen LogP contribution is -2.45. The maximum atomic E-state index is 12.1. The lowest BCUT2D eigenvalue weighted by Gasteiger charge is -2.40. The molecule has 1 heterocycles. The van der Waals surface area contributed by atoms with E-state index in [2.05, 4.69) is 45.0 Å². The van der Waals surface area contributed by atoms with Crippen LogP contribution >= 0.6 is 11.6 Å². The maximum absolute atomic E-state index is 12.1. The van der Waals surface area contributed by atoms with E-state index in [1.54, 1.807) is 7.05 Å². The van der Waals surface area contributed by atoms with Crippen molar-refractivity contribution in [2.45, 2.75) is 57.0 Å². The van der Waals surface area contributed by atoms with E-state index in [0.717, 1.165) is 43.3 Å². The van der Waals surface area contributed by atoms with E-state index < -0.39 is 0 Å². The zero-order valence-corrected chi connectivity index (χ0v) is 19.0. The average Bonchev–Trinajstić information content (AvgIpc) is 3.23. The highest BCUT2D eigenvalue weighted by Gasteiger charge is 2.30. The van der Waals surface area contributed by atoms with E-state index in [0.29, 0.717) is 31.0 Å². The molecule has 1 amide bonds. The lowest BCUT2D eigenvalue weighted by atomic mass is 9.85. The third-order valence-corrected chi connectivity index (χ3v) is 6.55. The molecular weight excluding hydrogens is 398 g/mol. The summed E-state index contributed by atoms with van der Waals surface area (Å²) in [5, 5.41) is 10.7. The zero-order chi connectivity index (χ0) is 21.3. The second-order valence-electron chi connectivity index (χ2n) is 8.56. The van der Waals surface area contributed by atoms with E-state index >= 15 is 0 Å². The van der Waals surface area contributed by atoms with Crippen molar-refractivity contribution in [2.24, 2.45) is 10.9 Å². The van der Waals surface area contributed by atoms with Gasteiger partial charge in [0.1, 0.15) is 0 Å². The van der Waals surface area contributed by atoms with Crippen LogP contribution in [0.4, 0.5) is 0 Å². The standard InChI is InChI=1S/C23H36ClN5O/c1-25-23(26-13-12-21(30)28-20-10-3-4-11-20)27-16-18-8-6-14-29(2)22(18)17-7-5-9-19(24)15-17/h5,7,9,15,18,20,22H,3-4,6,8,10-14,16H2,1-2H3,(H,28,30)(H2,25,26,27). The van der Waals surface area contributed by atoms with Crippen LogP contribution in [0.2, 0.25) is 5.02 Å². The molecule has 1 aromatic carbocycles. The molecule has 2 aliphatic rings. The molecule has 1 saturated heterocycles. The zero-order valence-electron chi connectivity index (χ0n) is 18.3. The Kier molecular flexibility index (Phi) is 8.82. The fourth-order valence-electron chi connectivity index (χ4n) is 4.80. The van der Waals surface area contributed by atoms with E-state index in [1.807, 2.05) is 12.1 Å². The number of amides is 1. The fourth-order valence-corrected chi connectivity index (χ4v) is 5.00. The van der Waals surface area contributed by atoms with Gasteiger partial charge in [0.05, 0.1) is 0 Å². The minimum atomic E-state index is 0.125. The first kappa shape index (κ1) is 22.9. The third kappa shape index (κ3) is 6.61. The summed E-state index contributed by atoms with van der Waals surface area (Å²) in [7, 11) is 3.96. The Morgan fingerprint density at radius 3 is 2.73 bits per heavy atom. The lowest BCUT2D eigenvalue weighted by molar-refractivity contribution is -0.121. The Balaban J connectivity index is 1.47. The normalized spacial score (nSPS) is 23.4. The first-order chi connectivity index (χ1) is 14.6. The van der Waals surface area contributed by atoms with Crippen molar-refractivity contribution >= 4 is 23.5 Å². The number of benzene rings is 1. The van der Waals surface area contributed by atoms with Gasteiger partial charge in [-0.25, -0.2) is 0 Å². The smallest absolute Gasteiger partial charge is 0.221 e. The Bertz CT molecular complexity index is 719. The topological polar surface area (TPSA) is 68.8 Å². The molecule has 6 nitrogen and oxygen atoms in total. The Labute approximate surface area is 185 Å². The molecule has 2 atom stereocenters. The van der Waals surface area contributed by atoms with Gasteiger partial charge in [-0.1, -0.05) is 36.6 Å². The van der Waals surface area contributed by atoms with E-state index in [-0.39, 0.29) is 5.91 Å². The number of piperidine rings is 1. The van der Waals surface area contributed by atoms with Gasteiger partial charge in [-0.2, -0.15) is 0 Å². The fraction of sp³-hybridized carbons (Fsp3) is 0.652. The highest BCUT2D eigenvalue weighted by molar-refractivity contribution is 6.30. The molecule has 30 heavy (non-hydrogen) atoms. The molecule has 0 spiro atoms. The average molecular weight is 434 g/mol. The first-order valence-electron chi connectivity index (χ1n) is 11.3. The Morgan fingerprint density at radius 2 is 2.00 bits per heavy atom. The van der Waals surface area contributed by atoms with Crippen LogP contribution in [0.5, 0.6) is 0 Å². The molecule has 0 bridgehead atoms. The molecule has 1 aliphatic heterocycles. The third-order valence-electron chi connectivity index (χ3n) is 6.32. The highest BCUT2D eigenvalue weighted by Crippen LogP contribution is 2.35. The van der Waals surface area contributed by atoms with Crippen LogP contribution < -0.4 is 16.0 Å². The van der Waals surface area contributed by atoms with Crippen molar-refractivity contribution in [1.29, 1.82) is 0 Å². The number of hydrogen-bond acceptors (Lipinski definition) is 3. The van der Waals surface area contributed by atoms with Crippen molar-refractivity contribution in [3.63, 3.8) is 0 Å². The van der Waals surface area contributed by atoms with Gasteiger partial charge in [0.25, 0.3) is 0 Å². The van der Waals surface area contributed by atoms with Crippen LogP contribution in [0.25, 0.3) is 0 Å². The van der Waals surface area contributed by atoms with Gasteiger partial charge in [-0.15, -0.1) is 0 Å². The molecule has 166 valence electrons. The van der Waals surface area contributed by atoms with Crippen molar-refractivity contribution in [3.05, 3.63) is 34.9 Å². The number of nitrogens with one attached hydrogen (secondary N) is 3. The second-order valence-corrected chi connectivity index (χ2v) is 9.00. The van der Waals surface area contributed by atoms with Crippen molar-refractivity contribution in [1.82, 2.24) is 20.9 Å². The van der Waals surface area contributed by atoms with Crippen LogP contribution in [-0.2, 0) is 4.79 Å². The van der Waals surface area contributed by atoms with Gasteiger partial charge < -0.3 is 16.0 Å². The van der Waals surface area contributed by atoms with Gasteiger partial charge in [-0.3, -0.25) is 14.7 Å². The van der Waals surface area contributed by atoms with E-state index in [9.17, 15) is 4.79 Å². The van der Waals surface area contributed by atoms with Crippen molar-refractivity contribution in [2.75, 3.05) is 33.7 Å². The molecule has 0 aromatic heterocycles. The highest BCUT2D eigenvalue weighted by atomic mass is 35.5. The molecule has 2 fully saturated rings. The summed E-state index contributed by atoms with van der Waals surface area (Å²) in [6.07, 6.45) is 7.51. The van der Waals surface area contributed by atoms with Gasteiger partial charge in [0.15, 0.2) is 5.96 Å². The second kappa shape index (κ2) is 11.6. The van der Waals surface area contributed by atoms with Gasteiger partial charge in [0, 0.05) is 43.7 Å². The summed E-state index contributed by atoms with van der Waals surface area (Å²) in [5.41, 5.74) is 1.27. The summed E-state index contributed by atoms with van der Waals surface area (Å²) in [6, 6.07) is 8.91. The van der Waals surface area contributed by atoms with E-state index in [4.69, 9.17) is 11.6 Å². The number of carbonyl (C=O) groups excluding carboxylic acids is 1. The predicted molar refractivity (Wildman–Crippen MR) is 124 cm³/mol. The number of likely N-dealkylation sites (tertiary alicyclic amines) is 1. The number of carbonyl (C=O) groups is 1. The number of rotatable bonds is 7. The van der Waals surface area contributed by atoms with Crippen molar-refractivity contribution in [3.8, 4) is 0 Å². The first-order valence-corrected chi connectivity index (χ1v) is 11.6. The molecule has 1 aliphatic carbocycles. The molecule has 2 unspecified atom stereocenters. The summed E-state index contributed by atoms with van der Waals surface area (Å²) in [5.74, 6) is 1.34. The summed E-state index contributed by atoms with van der Waals surface area (Å²) in [6.45, 7) is 2.51. The number of hydrogen-bond donors (Lipinski definition) is 3. The summed E-state index contributed by atoms with van der Waals surface area (Å²) < 4.78 is 0. The Morgan fingerprint density at radius 1 is 1.20 bits per heavy atom. The molecule has 1 saturated carbocycles. The minimum Gasteiger partial charge on any atom is -0.356 e. The van der Waals surface area contributed by atoms with Crippen LogP contribution in [0, 0.1) is 5.92 Å². The molecular formula is C23H36ClN5O. The summed E-state index contributed by atoms with van der Waals surface area (Å²) in [4.78, 5) is 18.9. The molecule has 0 radical (unpaired) electrons. The number of nitrogens with zero attached hydrogens (tertiary/aromatic N) is 2. The maximum Gasteiger partial charge on any atom is 0.221 e. The van der Waals surface area contributed by atoms with Crippen LogP contribution in [0.1, 0.15) is 56.6 Å². The van der Waals surface area contributed by atoms with Crippen LogP contribution in [0.3, 0.4) is 0 Å². The number of halogens is 1.